The van der Waals surface area contributed by atoms with E-state index in [1.807, 2.05) is 48.9 Å². The molecule has 0 spiro atoms. The Kier molecular flexibility index (Phi) is 5.33. The number of benzene rings is 2. The minimum absolute atomic E-state index is 0.149. The lowest BCUT2D eigenvalue weighted by Crippen LogP contribution is -2.24. The van der Waals surface area contributed by atoms with Crippen molar-refractivity contribution in [3.8, 4) is 5.69 Å². The third-order valence-electron chi connectivity index (χ3n) is 5.48. The van der Waals surface area contributed by atoms with Gasteiger partial charge in [0.1, 0.15) is 6.10 Å². The zero-order chi connectivity index (χ0) is 23.1. The normalized spacial score (nSPS) is 15.8. The van der Waals surface area contributed by atoms with E-state index in [-0.39, 0.29) is 5.56 Å². The molecule has 168 valence electrons. The zero-order valence-corrected chi connectivity index (χ0v) is 18.0. The minimum Gasteiger partial charge on any atom is -0.364 e. The SMILES string of the molecule is Cc1cn(-c2ccc(/C=C/c3nc4n(n3)CCO[C@@H]4c3cc(F)c(F)c(F)c3)cc2C)cn1. The monoisotopic (exact) mass is 451 g/mol. The molecule has 0 saturated heterocycles. The van der Waals surface area contributed by atoms with Gasteiger partial charge >= 0.3 is 0 Å². The van der Waals surface area contributed by atoms with E-state index < -0.39 is 23.6 Å². The number of fused-ring (bicyclic) bond motifs is 1. The molecular formula is C24H20F3N5O. The quantitative estimate of drug-likeness (QED) is 0.419. The molecule has 0 radical (unpaired) electrons. The topological polar surface area (TPSA) is 57.8 Å². The lowest BCUT2D eigenvalue weighted by Gasteiger charge is -2.23. The van der Waals surface area contributed by atoms with Gasteiger partial charge in [0.25, 0.3) is 0 Å². The van der Waals surface area contributed by atoms with Crippen LogP contribution in [0.3, 0.4) is 0 Å². The van der Waals surface area contributed by atoms with Crippen molar-refractivity contribution < 1.29 is 17.9 Å². The highest BCUT2D eigenvalue weighted by Crippen LogP contribution is 2.30. The van der Waals surface area contributed by atoms with E-state index in [0.29, 0.717) is 24.8 Å². The van der Waals surface area contributed by atoms with Crippen molar-refractivity contribution in [3.05, 3.63) is 94.3 Å². The smallest absolute Gasteiger partial charge is 0.194 e. The summed E-state index contributed by atoms with van der Waals surface area (Å²) in [6.07, 6.45) is 6.57. The first-order valence-corrected chi connectivity index (χ1v) is 10.4. The van der Waals surface area contributed by atoms with Crippen molar-refractivity contribution in [2.45, 2.75) is 26.5 Å². The van der Waals surface area contributed by atoms with Crippen molar-refractivity contribution in [3.63, 3.8) is 0 Å². The highest BCUT2D eigenvalue weighted by Gasteiger charge is 2.28. The summed E-state index contributed by atoms with van der Waals surface area (Å²) in [4.78, 5) is 8.75. The van der Waals surface area contributed by atoms with Crippen molar-refractivity contribution in [1.82, 2.24) is 24.3 Å². The Balaban J connectivity index is 1.40. The first kappa shape index (κ1) is 21.1. The van der Waals surface area contributed by atoms with Gasteiger partial charge in [0.15, 0.2) is 29.1 Å². The zero-order valence-electron chi connectivity index (χ0n) is 18.0. The summed E-state index contributed by atoms with van der Waals surface area (Å²) in [5, 5.41) is 4.46. The average Bonchev–Trinajstić information content (AvgIpc) is 3.41. The first-order valence-electron chi connectivity index (χ1n) is 10.4. The maximum Gasteiger partial charge on any atom is 0.194 e. The Hall–Kier alpha value is -3.72. The summed E-state index contributed by atoms with van der Waals surface area (Å²) in [6.45, 7) is 4.72. The second-order valence-corrected chi connectivity index (χ2v) is 7.90. The maximum atomic E-state index is 13.7. The molecule has 3 heterocycles. The highest BCUT2D eigenvalue weighted by molar-refractivity contribution is 5.68. The van der Waals surface area contributed by atoms with Gasteiger partial charge in [-0.15, -0.1) is 0 Å². The van der Waals surface area contributed by atoms with E-state index in [1.165, 1.54) is 0 Å². The van der Waals surface area contributed by atoms with Crippen LogP contribution in [0.2, 0.25) is 0 Å². The van der Waals surface area contributed by atoms with Crippen LogP contribution in [0.4, 0.5) is 13.2 Å². The lowest BCUT2D eigenvalue weighted by atomic mass is 10.1. The highest BCUT2D eigenvalue weighted by atomic mass is 19.2. The van der Waals surface area contributed by atoms with Crippen LogP contribution < -0.4 is 0 Å². The predicted octanol–water partition coefficient (Wildman–Crippen LogP) is 4.79. The third kappa shape index (κ3) is 4.07. The van der Waals surface area contributed by atoms with E-state index in [2.05, 4.69) is 15.1 Å². The molecule has 1 aliphatic heterocycles. The molecule has 2 aromatic carbocycles. The molecule has 2 aromatic heterocycles. The summed E-state index contributed by atoms with van der Waals surface area (Å²) >= 11 is 0. The number of imidazole rings is 1. The molecule has 0 fully saturated rings. The standard InChI is InChI=1S/C24H20F3N5O/c1-14-9-16(3-5-20(14)31-12-15(2)28-13-31)4-6-21-29-24-23(33-8-7-32(24)30-21)17-10-18(25)22(27)19(26)11-17/h3-6,9-13,23H,7-8H2,1-2H3/b6-4+/t23-/m1/s1. The van der Waals surface area contributed by atoms with Gasteiger partial charge in [-0.2, -0.15) is 5.10 Å². The number of hydrogen-bond acceptors (Lipinski definition) is 4. The van der Waals surface area contributed by atoms with Gasteiger partial charge in [-0.1, -0.05) is 12.1 Å². The third-order valence-corrected chi connectivity index (χ3v) is 5.48. The number of rotatable bonds is 4. The van der Waals surface area contributed by atoms with Crippen molar-refractivity contribution in [2.24, 2.45) is 0 Å². The molecule has 0 saturated carbocycles. The van der Waals surface area contributed by atoms with Gasteiger partial charge < -0.3 is 9.30 Å². The summed E-state index contributed by atoms with van der Waals surface area (Å²) < 4.78 is 50.1. The average molecular weight is 451 g/mol. The molecule has 0 bridgehead atoms. The van der Waals surface area contributed by atoms with Crippen LogP contribution in [-0.4, -0.2) is 30.9 Å². The fourth-order valence-electron chi connectivity index (χ4n) is 3.90. The number of hydrogen-bond donors (Lipinski definition) is 0. The van der Waals surface area contributed by atoms with Gasteiger partial charge in [-0.3, -0.25) is 0 Å². The van der Waals surface area contributed by atoms with Crippen LogP contribution in [-0.2, 0) is 11.3 Å². The number of halogens is 3. The molecule has 1 atom stereocenters. The fraction of sp³-hybridized carbons (Fsp3) is 0.208. The van der Waals surface area contributed by atoms with Crippen LogP contribution in [0.1, 0.15) is 40.1 Å². The van der Waals surface area contributed by atoms with Crippen molar-refractivity contribution in [2.75, 3.05) is 6.61 Å². The molecule has 0 unspecified atom stereocenters. The van der Waals surface area contributed by atoms with Crippen molar-refractivity contribution >= 4 is 12.2 Å². The Labute approximate surface area is 188 Å². The molecule has 0 aliphatic carbocycles. The van der Waals surface area contributed by atoms with E-state index in [0.717, 1.165) is 34.6 Å². The predicted molar refractivity (Wildman–Crippen MR) is 116 cm³/mol. The summed E-state index contributed by atoms with van der Waals surface area (Å²) in [6, 6.07) is 7.90. The summed E-state index contributed by atoms with van der Waals surface area (Å²) in [5.41, 5.74) is 4.19. The van der Waals surface area contributed by atoms with Gasteiger partial charge in [0.05, 0.1) is 25.2 Å². The summed E-state index contributed by atoms with van der Waals surface area (Å²) in [5.74, 6) is -3.20. The van der Waals surface area contributed by atoms with E-state index in [9.17, 15) is 13.2 Å². The number of aryl methyl sites for hydroxylation is 2. The number of aromatic nitrogens is 5. The molecule has 0 N–H and O–H groups in total. The lowest BCUT2D eigenvalue weighted by molar-refractivity contribution is 0.0385. The van der Waals surface area contributed by atoms with E-state index >= 15 is 0 Å². The van der Waals surface area contributed by atoms with Gasteiger partial charge in [0, 0.05) is 11.9 Å². The van der Waals surface area contributed by atoms with Gasteiger partial charge in [0.2, 0.25) is 0 Å². The first-order chi connectivity index (χ1) is 15.9. The molecule has 0 amide bonds. The van der Waals surface area contributed by atoms with Crippen LogP contribution in [0.25, 0.3) is 17.8 Å². The minimum atomic E-state index is -1.51. The molecule has 5 rings (SSSR count). The summed E-state index contributed by atoms with van der Waals surface area (Å²) in [7, 11) is 0. The largest absolute Gasteiger partial charge is 0.364 e. The Morgan fingerprint density at radius 2 is 1.85 bits per heavy atom. The van der Waals surface area contributed by atoms with E-state index in [1.54, 1.807) is 17.1 Å². The van der Waals surface area contributed by atoms with Crippen LogP contribution >= 0.6 is 0 Å². The van der Waals surface area contributed by atoms with E-state index in [4.69, 9.17) is 4.74 Å². The van der Waals surface area contributed by atoms with Crippen LogP contribution in [0.5, 0.6) is 0 Å². The van der Waals surface area contributed by atoms with Gasteiger partial charge in [-0.25, -0.2) is 27.8 Å². The Morgan fingerprint density at radius 3 is 2.55 bits per heavy atom. The molecule has 33 heavy (non-hydrogen) atoms. The number of nitrogens with zero attached hydrogens (tertiary/aromatic N) is 5. The fourth-order valence-corrected chi connectivity index (χ4v) is 3.90. The van der Waals surface area contributed by atoms with Gasteiger partial charge in [-0.05, 0) is 60.9 Å². The molecular weight excluding hydrogens is 431 g/mol. The molecule has 9 heteroatoms. The van der Waals surface area contributed by atoms with Crippen LogP contribution in [0, 0.1) is 31.3 Å². The maximum absolute atomic E-state index is 13.7. The molecule has 1 aliphatic rings. The van der Waals surface area contributed by atoms with Crippen LogP contribution in [0.15, 0.2) is 42.9 Å². The Morgan fingerprint density at radius 1 is 1.06 bits per heavy atom. The molecule has 4 aromatic rings. The second-order valence-electron chi connectivity index (χ2n) is 7.90. The van der Waals surface area contributed by atoms with Crippen molar-refractivity contribution in [1.29, 1.82) is 0 Å². The second kappa shape index (κ2) is 8.32. The molecule has 6 nitrogen and oxygen atoms in total. The number of ether oxygens (including phenoxy) is 1. The Bertz CT molecular complexity index is 1350.